The first-order chi connectivity index (χ1) is 13.8. The predicted molar refractivity (Wildman–Crippen MR) is 107 cm³/mol. The number of nitrogens with two attached hydrogens (primary N) is 1. The number of nitrogens with zero attached hydrogens (tertiary/aromatic N) is 1. The van der Waals surface area contributed by atoms with Crippen molar-refractivity contribution in [2.24, 2.45) is 5.73 Å². The number of benzene rings is 2. The van der Waals surface area contributed by atoms with Crippen LogP contribution in [0.5, 0.6) is 5.75 Å². The number of hydrogen-bond acceptors (Lipinski definition) is 5. The molecule has 7 heteroatoms. The third kappa shape index (κ3) is 5.18. The van der Waals surface area contributed by atoms with Crippen LogP contribution in [0.2, 0.25) is 0 Å². The van der Waals surface area contributed by atoms with Crippen LogP contribution < -0.4 is 15.8 Å². The quantitative estimate of drug-likeness (QED) is 0.632. The molecule has 2 rings (SSSR count). The number of nitriles is 1. The number of hydrogen-bond donors (Lipinski definition) is 2. The van der Waals surface area contributed by atoms with Crippen molar-refractivity contribution in [3.8, 4) is 11.8 Å². The predicted octanol–water partition coefficient (Wildman–Crippen LogP) is 3.24. The van der Waals surface area contributed by atoms with Crippen molar-refractivity contribution in [1.82, 2.24) is 5.32 Å². The first kappa shape index (κ1) is 22.1. The van der Waals surface area contributed by atoms with Crippen LogP contribution in [0.15, 0.2) is 36.4 Å². The van der Waals surface area contributed by atoms with Crippen molar-refractivity contribution >= 4 is 11.7 Å². The molecule has 2 atom stereocenters. The van der Waals surface area contributed by atoms with Crippen LogP contribution in [0.1, 0.15) is 59.8 Å². The highest BCUT2D eigenvalue weighted by Crippen LogP contribution is 2.31. The van der Waals surface area contributed by atoms with Crippen molar-refractivity contribution in [2.45, 2.75) is 38.8 Å². The van der Waals surface area contributed by atoms with Crippen LogP contribution in [0.4, 0.5) is 4.39 Å². The summed E-state index contributed by atoms with van der Waals surface area (Å²) in [5, 5.41) is 12.1. The van der Waals surface area contributed by atoms with Crippen LogP contribution >= 0.6 is 0 Å². The zero-order chi connectivity index (χ0) is 21.6. The Kier molecular flexibility index (Phi) is 7.46. The zero-order valence-electron chi connectivity index (χ0n) is 16.7. The summed E-state index contributed by atoms with van der Waals surface area (Å²) in [5.41, 5.74) is 6.03. The lowest BCUT2D eigenvalue weighted by molar-refractivity contribution is -0.118. The molecular weight excluding hydrogens is 373 g/mol. The van der Waals surface area contributed by atoms with Gasteiger partial charge in [0.15, 0.2) is 5.78 Å². The summed E-state index contributed by atoms with van der Waals surface area (Å²) in [7, 11) is 1.37. The number of primary amides is 1. The molecule has 0 unspecified atom stereocenters. The monoisotopic (exact) mass is 397 g/mol. The smallest absolute Gasteiger partial charge is 0.218 e. The maximum absolute atomic E-state index is 15.5. The summed E-state index contributed by atoms with van der Waals surface area (Å²) in [6, 6.07) is 10.4. The second kappa shape index (κ2) is 9.80. The van der Waals surface area contributed by atoms with E-state index in [2.05, 4.69) is 5.32 Å². The third-order valence-electron chi connectivity index (χ3n) is 4.63. The van der Waals surface area contributed by atoms with E-state index in [1.165, 1.54) is 31.4 Å². The number of rotatable bonds is 9. The molecule has 0 saturated heterocycles. The van der Waals surface area contributed by atoms with Crippen LogP contribution in [0, 0.1) is 17.1 Å². The highest BCUT2D eigenvalue weighted by atomic mass is 19.1. The molecule has 0 aliphatic heterocycles. The maximum Gasteiger partial charge on any atom is 0.218 e. The fourth-order valence-corrected chi connectivity index (χ4v) is 3.20. The van der Waals surface area contributed by atoms with Crippen molar-refractivity contribution in [3.63, 3.8) is 0 Å². The average Bonchev–Trinajstić information content (AvgIpc) is 2.71. The molecule has 3 N–H and O–H groups in total. The largest absolute Gasteiger partial charge is 0.496 e. The molecule has 1 amide bonds. The highest BCUT2D eigenvalue weighted by molar-refractivity contribution is 6.11. The van der Waals surface area contributed by atoms with Gasteiger partial charge < -0.3 is 15.8 Å². The van der Waals surface area contributed by atoms with E-state index in [4.69, 9.17) is 15.7 Å². The Balaban J connectivity index is 2.45. The molecule has 29 heavy (non-hydrogen) atoms. The molecule has 0 fully saturated rings. The Morgan fingerprint density at radius 2 is 1.90 bits per heavy atom. The Hall–Kier alpha value is -3.24. The lowest BCUT2D eigenvalue weighted by Crippen LogP contribution is -2.34. The summed E-state index contributed by atoms with van der Waals surface area (Å²) in [6.07, 6.45) is 0.655. The highest BCUT2D eigenvalue weighted by Gasteiger charge is 2.26. The minimum Gasteiger partial charge on any atom is -0.496 e. The van der Waals surface area contributed by atoms with Crippen molar-refractivity contribution in [1.29, 1.82) is 5.26 Å². The number of methoxy groups -OCH3 is 1. The van der Waals surface area contributed by atoms with E-state index in [1.54, 1.807) is 19.1 Å². The molecule has 0 aromatic heterocycles. The van der Waals surface area contributed by atoms with E-state index < -0.39 is 23.5 Å². The molecule has 0 bridgehead atoms. The van der Waals surface area contributed by atoms with Gasteiger partial charge in [-0.1, -0.05) is 13.0 Å². The van der Waals surface area contributed by atoms with Gasteiger partial charge in [0.25, 0.3) is 0 Å². The molecular formula is C22H24FN3O3. The molecule has 0 spiro atoms. The van der Waals surface area contributed by atoms with Gasteiger partial charge in [-0.05, 0) is 43.7 Å². The third-order valence-corrected chi connectivity index (χ3v) is 4.63. The van der Waals surface area contributed by atoms with E-state index in [0.29, 0.717) is 17.5 Å². The number of ether oxygens (including phenoxy) is 1. The Morgan fingerprint density at radius 1 is 1.24 bits per heavy atom. The molecule has 0 heterocycles. The molecule has 0 aliphatic rings. The van der Waals surface area contributed by atoms with Crippen molar-refractivity contribution in [3.05, 3.63) is 64.5 Å². The van der Waals surface area contributed by atoms with Gasteiger partial charge in [0.1, 0.15) is 17.1 Å². The van der Waals surface area contributed by atoms with Crippen LogP contribution in [-0.2, 0) is 4.79 Å². The van der Waals surface area contributed by atoms with Gasteiger partial charge in [-0.15, -0.1) is 0 Å². The van der Waals surface area contributed by atoms with E-state index in [1.807, 2.05) is 13.0 Å². The Morgan fingerprint density at radius 3 is 2.41 bits per heavy atom. The Bertz CT molecular complexity index is 936. The van der Waals surface area contributed by atoms with Gasteiger partial charge in [0, 0.05) is 29.6 Å². The summed E-state index contributed by atoms with van der Waals surface area (Å²) >= 11 is 0. The molecule has 0 aliphatic carbocycles. The number of ketones is 1. The van der Waals surface area contributed by atoms with Crippen LogP contribution in [0.25, 0.3) is 0 Å². The lowest BCUT2D eigenvalue weighted by Gasteiger charge is -2.24. The SMILES string of the molecule is CC[C@@H](N[C@H](C)CC(N)=O)c1ccc(OC)c(C(=O)c2ccc(C#N)cc2)c1F. The normalized spacial score (nSPS) is 12.7. The van der Waals surface area contributed by atoms with Crippen LogP contribution in [0.3, 0.4) is 0 Å². The van der Waals surface area contributed by atoms with Crippen molar-refractivity contribution in [2.75, 3.05) is 7.11 Å². The number of halogens is 1. The van der Waals surface area contributed by atoms with Gasteiger partial charge in [-0.2, -0.15) is 5.26 Å². The maximum atomic E-state index is 15.5. The lowest BCUT2D eigenvalue weighted by atomic mass is 9.94. The molecule has 152 valence electrons. The summed E-state index contributed by atoms with van der Waals surface area (Å²) in [4.78, 5) is 24.1. The first-order valence-electron chi connectivity index (χ1n) is 9.27. The van der Waals surface area contributed by atoms with E-state index in [0.717, 1.165) is 0 Å². The van der Waals surface area contributed by atoms with Crippen LogP contribution in [-0.4, -0.2) is 24.8 Å². The minimum atomic E-state index is -0.677. The van der Waals surface area contributed by atoms with Crippen molar-refractivity contribution < 1.29 is 18.7 Å². The Labute approximate surface area is 169 Å². The van der Waals surface area contributed by atoms with Gasteiger partial charge in [-0.25, -0.2) is 4.39 Å². The summed E-state index contributed by atoms with van der Waals surface area (Å²) < 4.78 is 20.7. The summed E-state index contributed by atoms with van der Waals surface area (Å²) in [6.45, 7) is 3.66. The fraction of sp³-hybridized carbons (Fsp3) is 0.318. The molecule has 0 saturated carbocycles. The second-order valence-corrected chi connectivity index (χ2v) is 6.76. The van der Waals surface area contributed by atoms with E-state index in [-0.39, 0.29) is 29.3 Å². The molecule has 2 aromatic rings. The van der Waals surface area contributed by atoms with Gasteiger partial charge in [0.2, 0.25) is 5.91 Å². The zero-order valence-corrected chi connectivity index (χ0v) is 16.7. The van der Waals surface area contributed by atoms with E-state index >= 15 is 4.39 Å². The van der Waals surface area contributed by atoms with Gasteiger partial charge in [-0.3, -0.25) is 9.59 Å². The number of carbonyl (C=O) groups is 2. The minimum absolute atomic E-state index is 0.116. The van der Waals surface area contributed by atoms with Gasteiger partial charge >= 0.3 is 0 Å². The average molecular weight is 397 g/mol. The topological polar surface area (TPSA) is 105 Å². The first-order valence-corrected chi connectivity index (χ1v) is 9.27. The second-order valence-electron chi connectivity index (χ2n) is 6.76. The summed E-state index contributed by atoms with van der Waals surface area (Å²) in [5.74, 6) is -1.54. The molecule has 2 aromatic carbocycles. The molecule has 6 nitrogen and oxygen atoms in total. The number of carbonyl (C=O) groups excluding carboxylic acids is 2. The molecule has 0 radical (unpaired) electrons. The fourth-order valence-electron chi connectivity index (χ4n) is 3.20. The number of amides is 1. The number of nitrogens with one attached hydrogen (secondary N) is 1. The standard InChI is InChI=1S/C22H24FN3O3/c1-4-17(26-13(2)11-19(25)27)16-9-10-18(29-3)20(21(16)23)22(28)15-7-5-14(12-24)6-8-15/h5-10,13,17,26H,4,11H2,1-3H3,(H2,25,27)/t13-,17-/m1/s1. The van der Waals surface area contributed by atoms with Gasteiger partial charge in [0.05, 0.1) is 18.7 Å². The van der Waals surface area contributed by atoms with E-state index in [9.17, 15) is 9.59 Å².